The Morgan fingerprint density at radius 1 is 1.12 bits per heavy atom. The zero-order chi connectivity index (χ0) is 11.1. The highest BCUT2D eigenvalue weighted by atomic mass is 16.5. The maximum atomic E-state index is 5.73. The average molecular weight is 223 g/mol. The van der Waals surface area contributed by atoms with E-state index in [1.807, 2.05) is 0 Å². The van der Waals surface area contributed by atoms with Crippen LogP contribution >= 0.6 is 0 Å². The van der Waals surface area contributed by atoms with Crippen LogP contribution in [0.15, 0.2) is 0 Å². The number of hydrogen-bond donors (Lipinski definition) is 0. The molecule has 2 saturated heterocycles. The molecule has 4 atom stereocenters. The summed E-state index contributed by atoms with van der Waals surface area (Å²) in [5.41, 5.74) is 0. The maximum Gasteiger partial charge on any atom is 0.0625 e. The van der Waals surface area contributed by atoms with Crippen molar-refractivity contribution in [3.63, 3.8) is 0 Å². The number of ether oxygens (including phenoxy) is 1. The topological polar surface area (TPSA) is 12.5 Å². The molecule has 0 N–H and O–H groups in total. The molecule has 0 spiro atoms. The molecule has 2 aliphatic heterocycles. The van der Waals surface area contributed by atoms with Crippen molar-refractivity contribution in [2.45, 2.75) is 39.2 Å². The van der Waals surface area contributed by atoms with Gasteiger partial charge in [-0.15, -0.1) is 0 Å². The van der Waals surface area contributed by atoms with Crippen molar-refractivity contribution in [2.75, 3.05) is 26.3 Å². The molecule has 0 amide bonds. The standard InChI is InChI=1S/C14H25NO/c1-10(2)12-4-3-11-5-6-15-7-8-16-9-13(15)14(11)12/h10-14H,3-9H2,1-2H3. The van der Waals surface area contributed by atoms with Crippen LogP contribution in [0.1, 0.15) is 33.1 Å². The Labute approximate surface area is 99.3 Å². The van der Waals surface area contributed by atoms with E-state index in [1.54, 1.807) is 0 Å². The molecule has 3 rings (SSSR count). The van der Waals surface area contributed by atoms with Gasteiger partial charge < -0.3 is 4.74 Å². The summed E-state index contributed by atoms with van der Waals surface area (Å²) >= 11 is 0. The lowest BCUT2D eigenvalue weighted by atomic mass is 9.74. The smallest absolute Gasteiger partial charge is 0.0625 e. The highest BCUT2D eigenvalue weighted by molar-refractivity contribution is 4.98. The maximum absolute atomic E-state index is 5.73. The summed E-state index contributed by atoms with van der Waals surface area (Å²) < 4.78 is 5.73. The Morgan fingerprint density at radius 2 is 2.00 bits per heavy atom. The fourth-order valence-electron chi connectivity index (χ4n) is 4.48. The third-order valence-corrected chi connectivity index (χ3v) is 5.28. The van der Waals surface area contributed by atoms with Crippen LogP contribution in [0, 0.1) is 23.7 Å². The van der Waals surface area contributed by atoms with Gasteiger partial charge in [0.2, 0.25) is 0 Å². The van der Waals surface area contributed by atoms with Crippen molar-refractivity contribution in [1.29, 1.82) is 0 Å². The van der Waals surface area contributed by atoms with E-state index in [4.69, 9.17) is 4.74 Å². The first-order valence-electron chi connectivity index (χ1n) is 7.09. The largest absolute Gasteiger partial charge is 0.378 e. The molecule has 0 bridgehead atoms. The normalized spacial score (nSPS) is 44.4. The summed E-state index contributed by atoms with van der Waals surface area (Å²) in [6.45, 7) is 9.30. The average Bonchev–Trinajstić information content (AvgIpc) is 2.73. The second-order valence-corrected chi connectivity index (χ2v) is 6.29. The van der Waals surface area contributed by atoms with Crippen molar-refractivity contribution < 1.29 is 4.74 Å². The quantitative estimate of drug-likeness (QED) is 0.677. The molecular weight excluding hydrogens is 198 g/mol. The van der Waals surface area contributed by atoms with Crippen LogP contribution in [0.5, 0.6) is 0 Å². The molecule has 4 unspecified atom stereocenters. The fourth-order valence-corrected chi connectivity index (χ4v) is 4.48. The SMILES string of the molecule is CC(C)C1CCC2CCN3CCOCC3C21. The Balaban J connectivity index is 1.80. The summed E-state index contributed by atoms with van der Waals surface area (Å²) in [4.78, 5) is 2.71. The lowest BCUT2D eigenvalue weighted by Gasteiger charge is -2.48. The second-order valence-electron chi connectivity index (χ2n) is 6.29. The zero-order valence-corrected chi connectivity index (χ0v) is 10.7. The molecule has 0 aromatic carbocycles. The molecule has 0 aromatic rings. The number of fused-ring (bicyclic) bond motifs is 3. The van der Waals surface area contributed by atoms with E-state index < -0.39 is 0 Å². The molecule has 0 radical (unpaired) electrons. The Morgan fingerprint density at radius 3 is 2.81 bits per heavy atom. The van der Waals surface area contributed by atoms with Crippen molar-refractivity contribution in [3.05, 3.63) is 0 Å². The number of hydrogen-bond acceptors (Lipinski definition) is 2. The Kier molecular flexibility index (Phi) is 2.97. The minimum Gasteiger partial charge on any atom is -0.378 e. The first-order chi connectivity index (χ1) is 7.77. The van der Waals surface area contributed by atoms with E-state index in [2.05, 4.69) is 18.7 Å². The first kappa shape index (κ1) is 11.0. The number of rotatable bonds is 1. The minimum absolute atomic E-state index is 0.752. The van der Waals surface area contributed by atoms with Gasteiger partial charge in [0.05, 0.1) is 13.2 Å². The van der Waals surface area contributed by atoms with Crippen molar-refractivity contribution in [2.24, 2.45) is 23.7 Å². The summed E-state index contributed by atoms with van der Waals surface area (Å²) in [6, 6.07) is 0.752. The number of morpholine rings is 1. The van der Waals surface area contributed by atoms with Gasteiger partial charge in [-0.3, -0.25) is 4.90 Å². The second kappa shape index (κ2) is 4.30. The highest BCUT2D eigenvalue weighted by Crippen LogP contribution is 2.48. The van der Waals surface area contributed by atoms with Gasteiger partial charge >= 0.3 is 0 Å². The molecule has 0 aromatic heterocycles. The fraction of sp³-hybridized carbons (Fsp3) is 1.00. The molecule has 1 aliphatic carbocycles. The van der Waals surface area contributed by atoms with Gasteiger partial charge in [0.15, 0.2) is 0 Å². The molecule has 2 heteroatoms. The summed E-state index contributed by atoms with van der Waals surface area (Å²) in [5.74, 6) is 3.76. The lowest BCUT2D eigenvalue weighted by molar-refractivity contribution is -0.0720. The first-order valence-corrected chi connectivity index (χ1v) is 7.09. The van der Waals surface area contributed by atoms with Gasteiger partial charge in [0.25, 0.3) is 0 Å². The van der Waals surface area contributed by atoms with Crippen LogP contribution < -0.4 is 0 Å². The van der Waals surface area contributed by atoms with Crippen molar-refractivity contribution >= 4 is 0 Å². The zero-order valence-electron chi connectivity index (χ0n) is 10.7. The van der Waals surface area contributed by atoms with E-state index in [-0.39, 0.29) is 0 Å². The predicted molar refractivity (Wildman–Crippen MR) is 65.3 cm³/mol. The molecule has 2 nitrogen and oxygen atoms in total. The number of nitrogens with zero attached hydrogens (tertiary/aromatic N) is 1. The Bertz CT molecular complexity index is 253. The van der Waals surface area contributed by atoms with Crippen LogP contribution in [0.2, 0.25) is 0 Å². The van der Waals surface area contributed by atoms with Crippen LogP contribution in [0.25, 0.3) is 0 Å². The van der Waals surface area contributed by atoms with E-state index in [1.165, 1.54) is 32.4 Å². The molecule has 3 aliphatic rings. The third-order valence-electron chi connectivity index (χ3n) is 5.28. The molecular formula is C14H25NO. The molecule has 16 heavy (non-hydrogen) atoms. The van der Waals surface area contributed by atoms with Gasteiger partial charge in [-0.2, -0.15) is 0 Å². The minimum atomic E-state index is 0.752. The van der Waals surface area contributed by atoms with Gasteiger partial charge in [0.1, 0.15) is 0 Å². The van der Waals surface area contributed by atoms with Gasteiger partial charge in [-0.05, 0) is 49.5 Å². The molecule has 3 fully saturated rings. The molecule has 2 heterocycles. The molecule has 92 valence electrons. The Hall–Kier alpha value is -0.0800. The van der Waals surface area contributed by atoms with Gasteiger partial charge in [-0.1, -0.05) is 13.8 Å². The van der Waals surface area contributed by atoms with E-state index in [0.717, 1.165) is 42.9 Å². The van der Waals surface area contributed by atoms with E-state index in [9.17, 15) is 0 Å². The summed E-state index contributed by atoms with van der Waals surface area (Å²) in [7, 11) is 0. The van der Waals surface area contributed by atoms with Gasteiger partial charge in [-0.25, -0.2) is 0 Å². The molecule has 1 saturated carbocycles. The summed E-state index contributed by atoms with van der Waals surface area (Å²) in [5, 5.41) is 0. The van der Waals surface area contributed by atoms with E-state index in [0.29, 0.717) is 0 Å². The van der Waals surface area contributed by atoms with Crippen molar-refractivity contribution in [3.8, 4) is 0 Å². The predicted octanol–water partition coefficient (Wildman–Crippen LogP) is 2.39. The van der Waals surface area contributed by atoms with Crippen LogP contribution in [0.3, 0.4) is 0 Å². The number of piperidine rings is 1. The van der Waals surface area contributed by atoms with E-state index >= 15 is 0 Å². The van der Waals surface area contributed by atoms with Crippen LogP contribution in [-0.2, 0) is 4.74 Å². The highest BCUT2D eigenvalue weighted by Gasteiger charge is 2.47. The van der Waals surface area contributed by atoms with Crippen LogP contribution in [0.4, 0.5) is 0 Å². The third kappa shape index (κ3) is 1.70. The lowest BCUT2D eigenvalue weighted by Crippen LogP contribution is -2.55. The monoisotopic (exact) mass is 223 g/mol. The summed E-state index contributed by atoms with van der Waals surface area (Å²) in [6.07, 6.45) is 4.40. The van der Waals surface area contributed by atoms with Crippen molar-refractivity contribution in [1.82, 2.24) is 4.90 Å². The van der Waals surface area contributed by atoms with Crippen LogP contribution in [-0.4, -0.2) is 37.2 Å². The van der Waals surface area contributed by atoms with Gasteiger partial charge in [0, 0.05) is 12.6 Å².